The maximum Gasteiger partial charge on any atom is 0.237 e. The normalized spacial score (nSPS) is 18.3. The van der Waals surface area contributed by atoms with Crippen molar-refractivity contribution in [3.05, 3.63) is 83.2 Å². The summed E-state index contributed by atoms with van der Waals surface area (Å²) in [6, 6.07) is 14.9. The largest absolute Gasteiger partial charge is 0.474 e. The van der Waals surface area contributed by atoms with E-state index in [0.717, 1.165) is 30.4 Å². The highest BCUT2D eigenvalue weighted by molar-refractivity contribution is 6.12. The number of nitrogens with zero attached hydrogens (tertiary/aromatic N) is 7. The van der Waals surface area contributed by atoms with E-state index in [4.69, 9.17) is 21.6 Å². The molecule has 3 aliphatic rings. The van der Waals surface area contributed by atoms with Crippen LogP contribution >= 0.6 is 0 Å². The van der Waals surface area contributed by atoms with Gasteiger partial charge < -0.3 is 21.1 Å². The number of anilines is 2. The van der Waals surface area contributed by atoms with Crippen molar-refractivity contribution >= 4 is 46.8 Å². The summed E-state index contributed by atoms with van der Waals surface area (Å²) < 4.78 is 5.72. The van der Waals surface area contributed by atoms with Crippen molar-refractivity contribution in [3.8, 4) is 5.88 Å². The molecular formula is C37H44N10O3. The number of amides is 2. The molecule has 2 amide bonds. The van der Waals surface area contributed by atoms with Gasteiger partial charge in [0, 0.05) is 56.6 Å². The predicted molar refractivity (Wildman–Crippen MR) is 196 cm³/mol. The van der Waals surface area contributed by atoms with Gasteiger partial charge >= 0.3 is 0 Å². The second-order valence-corrected chi connectivity index (χ2v) is 12.8. The quantitative estimate of drug-likeness (QED) is 0.193. The molecule has 0 bridgehead atoms. The van der Waals surface area contributed by atoms with Gasteiger partial charge in [-0.2, -0.15) is 0 Å². The molecule has 0 unspecified atom stereocenters. The molecule has 13 nitrogen and oxygen atoms in total. The number of carbonyl (C=O) groups excluding carboxylic acids is 2. The van der Waals surface area contributed by atoms with E-state index in [-0.39, 0.29) is 41.8 Å². The van der Waals surface area contributed by atoms with Gasteiger partial charge in [-0.25, -0.2) is 15.0 Å². The lowest BCUT2D eigenvalue weighted by molar-refractivity contribution is -0.132. The Bertz CT molecular complexity index is 1820. The molecule has 5 N–H and O–H groups in total. The Hall–Kier alpha value is -5.43. The Morgan fingerprint density at radius 3 is 2.52 bits per heavy atom. The summed E-state index contributed by atoms with van der Waals surface area (Å²) in [5.74, 6) is 1.12. The third-order valence-corrected chi connectivity index (χ3v) is 9.25. The Balaban J connectivity index is 1.03. The first-order valence-electron chi connectivity index (χ1n) is 17.1. The fraction of sp³-hybridized carbons (Fsp3) is 0.378. The highest BCUT2D eigenvalue weighted by Crippen LogP contribution is 2.28. The van der Waals surface area contributed by atoms with Crippen LogP contribution in [-0.2, 0) is 9.59 Å². The zero-order valence-corrected chi connectivity index (χ0v) is 28.6. The number of benzene rings is 1. The monoisotopic (exact) mass is 676 g/mol. The fourth-order valence-corrected chi connectivity index (χ4v) is 6.23. The molecule has 13 heteroatoms. The number of pyridine rings is 2. The number of nitrogens with two attached hydrogens (primary N) is 2. The smallest absolute Gasteiger partial charge is 0.237 e. The summed E-state index contributed by atoms with van der Waals surface area (Å²) in [6.45, 7) is 4.92. The summed E-state index contributed by atoms with van der Waals surface area (Å²) in [5.41, 5.74) is 16.7. The van der Waals surface area contributed by atoms with Crippen molar-refractivity contribution in [2.75, 3.05) is 56.9 Å². The Kier molecular flexibility index (Phi) is 10.6. The van der Waals surface area contributed by atoms with Gasteiger partial charge in [0.1, 0.15) is 29.8 Å². The number of carbonyl (C=O) groups is 2. The lowest BCUT2D eigenvalue weighted by atomic mass is 9.98. The van der Waals surface area contributed by atoms with Crippen LogP contribution in [0.1, 0.15) is 55.0 Å². The highest BCUT2D eigenvalue weighted by Gasteiger charge is 2.34. The zero-order valence-electron chi connectivity index (χ0n) is 28.6. The number of hydrogen-bond acceptors (Lipinski definition) is 9. The van der Waals surface area contributed by atoms with Gasteiger partial charge in [0.15, 0.2) is 0 Å². The molecule has 2 aliphatic heterocycles. The second kappa shape index (κ2) is 15.4. The maximum absolute atomic E-state index is 13.8. The van der Waals surface area contributed by atoms with Crippen LogP contribution in [0.4, 0.5) is 11.5 Å². The molecule has 1 aliphatic carbocycles. The number of ether oxygens (including phenoxy) is 1. The number of likely N-dealkylation sites (tertiary alicyclic amines) is 1. The first kappa shape index (κ1) is 34.4. The van der Waals surface area contributed by atoms with E-state index in [0.29, 0.717) is 67.9 Å². The van der Waals surface area contributed by atoms with E-state index in [2.05, 4.69) is 30.9 Å². The van der Waals surface area contributed by atoms with Crippen molar-refractivity contribution in [2.24, 2.45) is 21.6 Å². The summed E-state index contributed by atoms with van der Waals surface area (Å²) >= 11 is 0. The lowest BCUT2D eigenvalue weighted by Crippen LogP contribution is -2.42. The molecular weight excluding hydrogens is 632 g/mol. The topological polar surface area (TPSA) is 179 Å². The van der Waals surface area contributed by atoms with Crippen LogP contribution < -0.4 is 21.1 Å². The van der Waals surface area contributed by atoms with Crippen molar-refractivity contribution in [1.29, 1.82) is 5.41 Å². The van der Waals surface area contributed by atoms with E-state index in [9.17, 15) is 9.59 Å². The molecule has 0 radical (unpaired) electrons. The zero-order chi connectivity index (χ0) is 35.2. The number of aliphatic imine (C=N–C) groups is 2. The SMILES string of the molecule is CCN(C(=O)[C@@H]1CCN(CC(=O)N2CC=C(c3ccc(C(N)=NC=NC)cc3)CC2)C1)c1ccc(N)c(C(=N)c2ccc(OC3CC3)nc2)n1. The average molecular weight is 677 g/mol. The Labute approximate surface area is 292 Å². The van der Waals surface area contributed by atoms with Crippen LogP contribution in [0.2, 0.25) is 0 Å². The van der Waals surface area contributed by atoms with E-state index in [1.807, 2.05) is 36.1 Å². The van der Waals surface area contributed by atoms with Crippen molar-refractivity contribution in [3.63, 3.8) is 0 Å². The van der Waals surface area contributed by atoms with Gasteiger partial charge in [-0.15, -0.1) is 0 Å². The van der Waals surface area contributed by atoms with Gasteiger partial charge in [0.05, 0.1) is 23.9 Å². The van der Waals surface area contributed by atoms with Crippen molar-refractivity contribution < 1.29 is 14.3 Å². The van der Waals surface area contributed by atoms with Crippen LogP contribution in [-0.4, -0.2) is 102 Å². The van der Waals surface area contributed by atoms with Crippen LogP contribution in [0, 0.1) is 11.3 Å². The van der Waals surface area contributed by atoms with Gasteiger partial charge in [0.25, 0.3) is 0 Å². The summed E-state index contributed by atoms with van der Waals surface area (Å²) in [4.78, 5) is 49.6. The van der Waals surface area contributed by atoms with Crippen LogP contribution in [0.5, 0.6) is 5.88 Å². The average Bonchev–Trinajstić information content (AvgIpc) is 3.84. The molecule has 1 atom stereocenters. The number of hydrogen-bond donors (Lipinski definition) is 3. The molecule has 260 valence electrons. The van der Waals surface area contributed by atoms with Crippen molar-refractivity contribution in [2.45, 2.75) is 38.7 Å². The number of amidine groups is 1. The summed E-state index contributed by atoms with van der Waals surface area (Å²) in [5, 5.41) is 8.79. The molecule has 1 aromatic carbocycles. The van der Waals surface area contributed by atoms with E-state index >= 15 is 0 Å². The molecule has 1 saturated heterocycles. The molecule has 1 saturated carbocycles. The number of aromatic nitrogens is 2. The van der Waals surface area contributed by atoms with Crippen LogP contribution in [0.25, 0.3) is 5.57 Å². The minimum Gasteiger partial charge on any atom is -0.474 e. The third kappa shape index (κ3) is 8.05. The van der Waals surface area contributed by atoms with Gasteiger partial charge in [-0.1, -0.05) is 30.3 Å². The molecule has 3 aromatic rings. The van der Waals surface area contributed by atoms with E-state index < -0.39 is 0 Å². The predicted octanol–water partition coefficient (Wildman–Crippen LogP) is 3.37. The molecule has 6 rings (SSSR count). The molecule has 2 fully saturated rings. The minimum atomic E-state index is -0.266. The maximum atomic E-state index is 13.8. The molecule has 2 aromatic heterocycles. The molecule has 4 heterocycles. The highest BCUT2D eigenvalue weighted by atomic mass is 16.5. The van der Waals surface area contributed by atoms with Gasteiger partial charge in [0.2, 0.25) is 17.7 Å². The van der Waals surface area contributed by atoms with Crippen LogP contribution in [0.15, 0.2) is 70.8 Å². The van der Waals surface area contributed by atoms with E-state index in [1.165, 1.54) is 11.9 Å². The fourth-order valence-electron chi connectivity index (χ4n) is 6.23. The number of nitrogen functional groups attached to an aromatic ring is 1. The standard InChI is InChI=1S/C37H44N10O3/c1-3-47(31-12-11-30(38)35(44-31)34(39)27-8-13-32(42-20-27)50-29-9-10-29)37(49)28-14-17-45(21-28)22-33(48)46-18-15-25(16-19-46)24-4-6-26(7-5-24)36(40)43-23-41-2/h4-8,11-13,15,20,23,28-29,39H,3,9-10,14,16-19,21-22,38H2,1-2H3,(H2,40,41,43)/t28-/m1/s1. The summed E-state index contributed by atoms with van der Waals surface area (Å²) in [6.07, 6.45) is 8.84. The van der Waals surface area contributed by atoms with E-state index in [1.54, 1.807) is 42.4 Å². The van der Waals surface area contributed by atoms with Crippen LogP contribution in [0.3, 0.4) is 0 Å². The number of rotatable bonds is 12. The van der Waals surface area contributed by atoms with Crippen molar-refractivity contribution in [1.82, 2.24) is 19.8 Å². The molecule has 0 spiro atoms. The molecule has 50 heavy (non-hydrogen) atoms. The van der Waals surface area contributed by atoms with Gasteiger partial charge in [-0.05, 0) is 68.5 Å². The first-order chi connectivity index (χ1) is 24.2. The Morgan fingerprint density at radius 2 is 1.86 bits per heavy atom. The second-order valence-electron chi connectivity index (χ2n) is 12.8. The Morgan fingerprint density at radius 1 is 1.08 bits per heavy atom. The lowest BCUT2D eigenvalue weighted by Gasteiger charge is -2.29. The third-order valence-electron chi connectivity index (χ3n) is 9.25. The minimum absolute atomic E-state index is 0.0523. The number of nitrogens with one attached hydrogen (secondary N) is 1. The summed E-state index contributed by atoms with van der Waals surface area (Å²) in [7, 11) is 1.64. The van der Waals surface area contributed by atoms with Gasteiger partial charge in [-0.3, -0.25) is 29.8 Å². The first-order valence-corrected chi connectivity index (χ1v) is 17.1.